The van der Waals surface area contributed by atoms with Gasteiger partial charge in [0.05, 0.1) is 28.7 Å². The lowest BCUT2D eigenvalue weighted by atomic mass is 10.0. The monoisotopic (exact) mass is 575 g/mol. The summed E-state index contributed by atoms with van der Waals surface area (Å²) in [4.78, 5) is 32.2. The van der Waals surface area contributed by atoms with Crippen molar-refractivity contribution in [3.05, 3.63) is 88.3 Å². The number of anilines is 1. The van der Waals surface area contributed by atoms with Crippen molar-refractivity contribution >= 4 is 23.0 Å². The molecule has 1 aromatic carbocycles. The van der Waals surface area contributed by atoms with E-state index in [0.29, 0.717) is 34.5 Å². The maximum Gasteiger partial charge on any atom is 0.416 e. The van der Waals surface area contributed by atoms with Crippen molar-refractivity contribution < 1.29 is 18.0 Å². The van der Waals surface area contributed by atoms with E-state index >= 15 is 0 Å². The van der Waals surface area contributed by atoms with Gasteiger partial charge in [-0.1, -0.05) is 17.9 Å². The van der Waals surface area contributed by atoms with E-state index in [9.17, 15) is 18.0 Å². The molecule has 5 rings (SSSR count). The van der Waals surface area contributed by atoms with Gasteiger partial charge in [-0.25, -0.2) is 9.97 Å². The Bertz CT molecular complexity index is 1620. The molecule has 8 nitrogen and oxygen atoms in total. The summed E-state index contributed by atoms with van der Waals surface area (Å²) in [7, 11) is 3.65. The van der Waals surface area contributed by atoms with Crippen LogP contribution in [0.15, 0.2) is 49.1 Å². The molecule has 4 aromatic rings. The number of aromatic nitrogens is 4. The smallest absolute Gasteiger partial charge is 0.388 e. The second-order valence-electron chi connectivity index (χ2n) is 10.0. The number of fused-ring (bicyclic) bond motifs is 1. The Kier molecular flexibility index (Phi) is 9.83. The normalized spacial score (nSPS) is 14.0. The number of benzene rings is 1. The second-order valence-corrected chi connectivity index (χ2v) is 10.0. The summed E-state index contributed by atoms with van der Waals surface area (Å²) in [5, 5.41) is 2.76. The van der Waals surface area contributed by atoms with Crippen LogP contribution in [-0.2, 0) is 12.7 Å². The maximum absolute atomic E-state index is 13.1. The van der Waals surface area contributed by atoms with Crippen LogP contribution in [0.2, 0.25) is 0 Å². The quantitative estimate of drug-likeness (QED) is 0.276. The van der Waals surface area contributed by atoms with Gasteiger partial charge in [0.2, 0.25) is 0 Å². The third-order valence-corrected chi connectivity index (χ3v) is 6.92. The summed E-state index contributed by atoms with van der Waals surface area (Å²) in [5.41, 5.74) is 5.34. The lowest BCUT2D eigenvalue weighted by Crippen LogP contribution is -2.44. The summed E-state index contributed by atoms with van der Waals surface area (Å²) >= 11 is 0. The summed E-state index contributed by atoms with van der Waals surface area (Å²) in [5.74, 6) is 6.01. The number of aryl methyl sites for hydroxylation is 2. The number of nitrogens with zero attached hydrogens (tertiary/aromatic N) is 6. The Morgan fingerprint density at radius 3 is 2.36 bits per heavy atom. The molecule has 1 saturated heterocycles. The Morgan fingerprint density at radius 1 is 0.952 bits per heavy atom. The molecule has 1 aliphatic rings. The average molecular weight is 576 g/mol. The number of halogens is 3. The molecule has 1 N–H and O–H groups in total. The molecule has 0 spiro atoms. The molecule has 42 heavy (non-hydrogen) atoms. The van der Waals surface area contributed by atoms with E-state index in [0.717, 1.165) is 54.9 Å². The van der Waals surface area contributed by atoms with E-state index in [2.05, 4.69) is 46.9 Å². The zero-order chi connectivity index (χ0) is 30.3. The van der Waals surface area contributed by atoms with E-state index in [4.69, 9.17) is 0 Å². The van der Waals surface area contributed by atoms with Crippen molar-refractivity contribution in [2.24, 2.45) is 0 Å². The number of hydrogen-bond acceptors (Lipinski definition) is 8. The van der Waals surface area contributed by atoms with E-state index < -0.39 is 11.7 Å². The number of rotatable bonds is 4. The second kappa shape index (κ2) is 13.5. The van der Waals surface area contributed by atoms with Gasteiger partial charge in [-0.3, -0.25) is 19.7 Å². The first-order valence-electron chi connectivity index (χ1n) is 13.4. The van der Waals surface area contributed by atoms with Gasteiger partial charge in [-0.15, -0.1) is 0 Å². The molecule has 0 amide bonds. The lowest BCUT2D eigenvalue weighted by Gasteiger charge is -2.33. The van der Waals surface area contributed by atoms with Crippen LogP contribution in [0.3, 0.4) is 0 Å². The highest BCUT2D eigenvalue weighted by molar-refractivity contribution is 5.80. The van der Waals surface area contributed by atoms with Crippen LogP contribution in [-0.4, -0.2) is 76.3 Å². The number of likely N-dealkylation sites (N-methyl/N-ethyl adjacent to an activating group) is 1. The summed E-state index contributed by atoms with van der Waals surface area (Å²) < 4.78 is 39.4. The molecule has 1 aliphatic heterocycles. The number of pyridine rings is 2. The van der Waals surface area contributed by atoms with Gasteiger partial charge in [0.25, 0.3) is 0 Å². The van der Waals surface area contributed by atoms with Gasteiger partial charge < -0.3 is 10.2 Å². The van der Waals surface area contributed by atoms with Crippen molar-refractivity contribution in [2.45, 2.75) is 26.6 Å². The van der Waals surface area contributed by atoms with Crippen LogP contribution in [0.4, 0.5) is 18.9 Å². The van der Waals surface area contributed by atoms with Gasteiger partial charge in [-0.05, 0) is 44.7 Å². The van der Waals surface area contributed by atoms with Gasteiger partial charge in [-0.2, -0.15) is 13.2 Å². The number of nitrogens with one attached hydrogen (secondary N) is 1. The average Bonchev–Trinajstić information content (AvgIpc) is 2.98. The standard InChI is InChI=1S/C17H12N4O.C14H20F3N3/c1-11-12(2)21-17-15(8-19-9-16(17)20-11)4-3-13-5-14(10-22)7-18-6-13;1-18-12-4-3-11(13(9-12)14(15,16)17)10-20-7-5-19(2)6-8-20/h5-10H,1-2H3;3-4,9,18H,5-8,10H2,1-2H3. The van der Waals surface area contributed by atoms with E-state index in [1.807, 2.05) is 20.9 Å². The molecular formula is C31H32F3N7O. The third kappa shape index (κ3) is 7.87. The molecule has 0 aliphatic carbocycles. The van der Waals surface area contributed by atoms with Crippen LogP contribution in [0, 0.1) is 25.7 Å². The first-order chi connectivity index (χ1) is 20.1. The van der Waals surface area contributed by atoms with E-state index in [-0.39, 0.29) is 0 Å². The number of piperazine rings is 1. The van der Waals surface area contributed by atoms with Crippen molar-refractivity contribution in [2.75, 3.05) is 45.6 Å². The Morgan fingerprint density at radius 2 is 1.67 bits per heavy atom. The van der Waals surface area contributed by atoms with Crippen molar-refractivity contribution in [1.29, 1.82) is 0 Å². The van der Waals surface area contributed by atoms with Crippen LogP contribution >= 0.6 is 0 Å². The Labute approximate surface area is 243 Å². The fraction of sp³-hybridized carbons (Fsp3) is 0.323. The molecule has 218 valence electrons. The SMILES string of the molecule is CNc1ccc(CN2CCN(C)CC2)c(C(F)(F)F)c1.Cc1nc2cncc(C#Cc3cncc(C=O)c3)c2nc1C. The van der Waals surface area contributed by atoms with Crippen LogP contribution in [0.5, 0.6) is 0 Å². The van der Waals surface area contributed by atoms with E-state index in [1.54, 1.807) is 43.8 Å². The molecule has 3 aromatic heterocycles. The minimum atomic E-state index is -4.31. The van der Waals surface area contributed by atoms with Gasteiger partial charge in [0.15, 0.2) is 6.29 Å². The summed E-state index contributed by atoms with van der Waals surface area (Å²) in [6.45, 7) is 7.59. The predicted octanol–water partition coefficient (Wildman–Crippen LogP) is 4.74. The van der Waals surface area contributed by atoms with Crippen LogP contribution < -0.4 is 5.32 Å². The molecule has 0 unspecified atom stereocenters. The number of alkyl halides is 3. The zero-order valence-electron chi connectivity index (χ0n) is 24.0. The number of carbonyl (C=O) groups is 1. The number of aldehydes is 1. The maximum atomic E-state index is 13.1. The molecule has 4 heterocycles. The molecule has 1 fully saturated rings. The number of carbonyl (C=O) groups excluding carboxylic acids is 1. The zero-order valence-corrected chi connectivity index (χ0v) is 24.0. The highest BCUT2D eigenvalue weighted by Crippen LogP contribution is 2.34. The fourth-order valence-corrected chi connectivity index (χ4v) is 4.35. The van der Waals surface area contributed by atoms with Gasteiger partial charge in [0, 0.05) is 75.2 Å². The molecule has 0 atom stereocenters. The fourth-order valence-electron chi connectivity index (χ4n) is 4.35. The Balaban J connectivity index is 0.000000194. The number of hydrogen-bond donors (Lipinski definition) is 1. The lowest BCUT2D eigenvalue weighted by molar-refractivity contribution is -0.138. The first kappa shape index (κ1) is 30.6. The molecule has 11 heteroatoms. The first-order valence-corrected chi connectivity index (χ1v) is 13.4. The van der Waals surface area contributed by atoms with Gasteiger partial charge >= 0.3 is 6.18 Å². The van der Waals surface area contributed by atoms with Crippen molar-refractivity contribution in [3.63, 3.8) is 0 Å². The van der Waals surface area contributed by atoms with Crippen molar-refractivity contribution in [3.8, 4) is 11.8 Å². The molecule has 0 saturated carbocycles. The van der Waals surface area contributed by atoms with Crippen LogP contribution in [0.25, 0.3) is 11.0 Å². The minimum absolute atomic E-state index is 0.348. The highest BCUT2D eigenvalue weighted by atomic mass is 19.4. The van der Waals surface area contributed by atoms with E-state index in [1.165, 1.54) is 12.3 Å². The molecular weight excluding hydrogens is 543 g/mol. The highest BCUT2D eigenvalue weighted by Gasteiger charge is 2.34. The molecule has 0 bridgehead atoms. The predicted molar refractivity (Wildman–Crippen MR) is 156 cm³/mol. The largest absolute Gasteiger partial charge is 0.416 e. The van der Waals surface area contributed by atoms with Gasteiger partial charge in [0.1, 0.15) is 11.0 Å². The van der Waals surface area contributed by atoms with Crippen molar-refractivity contribution in [1.82, 2.24) is 29.7 Å². The third-order valence-electron chi connectivity index (χ3n) is 6.92. The van der Waals surface area contributed by atoms with Crippen LogP contribution in [0.1, 0.15) is 44.0 Å². The summed E-state index contributed by atoms with van der Waals surface area (Å²) in [6.07, 6.45) is 2.88. The minimum Gasteiger partial charge on any atom is -0.388 e. The topological polar surface area (TPSA) is 87.1 Å². The Hall–Kier alpha value is -4.40. The summed E-state index contributed by atoms with van der Waals surface area (Å²) in [6, 6.07) is 6.14. The molecule has 0 radical (unpaired) electrons.